The Morgan fingerprint density at radius 1 is 0.300 bits per heavy atom. The van der Waals surface area contributed by atoms with Crippen LogP contribution in [0.2, 0.25) is 0 Å². The largest absolute Gasteiger partial charge is 0.462 e. The maximum Gasteiger partial charge on any atom is 0.306 e. The van der Waals surface area contributed by atoms with Gasteiger partial charge in [0.1, 0.15) is 13.2 Å². The third-order valence-corrected chi connectivity index (χ3v) is 12.6. The van der Waals surface area contributed by atoms with Gasteiger partial charge in [-0.1, -0.05) is 260 Å². The lowest BCUT2D eigenvalue weighted by molar-refractivity contribution is -0.167. The zero-order chi connectivity index (χ0) is 50.7. The summed E-state index contributed by atoms with van der Waals surface area (Å²) in [6, 6.07) is 0. The zero-order valence-corrected chi connectivity index (χ0v) is 46.0. The average molecular weight is 976 g/mol. The number of carbonyl (C=O) groups excluding carboxylic acids is 3. The molecule has 1 unspecified atom stereocenters. The summed E-state index contributed by atoms with van der Waals surface area (Å²) in [6.07, 6.45) is 76.3. The molecule has 0 radical (unpaired) electrons. The Bertz CT molecular complexity index is 1350. The van der Waals surface area contributed by atoms with Gasteiger partial charge in [0.25, 0.3) is 0 Å². The van der Waals surface area contributed by atoms with Crippen LogP contribution in [0.4, 0.5) is 0 Å². The van der Waals surface area contributed by atoms with Gasteiger partial charge >= 0.3 is 17.9 Å². The van der Waals surface area contributed by atoms with Crippen molar-refractivity contribution in [3.8, 4) is 0 Å². The van der Waals surface area contributed by atoms with Crippen molar-refractivity contribution in [2.24, 2.45) is 0 Å². The molecule has 1 atom stereocenters. The first kappa shape index (κ1) is 66.6. The van der Waals surface area contributed by atoms with Gasteiger partial charge in [-0.15, -0.1) is 0 Å². The van der Waals surface area contributed by atoms with Crippen molar-refractivity contribution >= 4 is 17.9 Å². The van der Waals surface area contributed by atoms with Crippen LogP contribution in [0, 0.1) is 0 Å². The second-order valence-electron chi connectivity index (χ2n) is 19.5. The Kier molecular flexibility index (Phi) is 55.3. The average Bonchev–Trinajstić information content (AvgIpc) is 3.36. The summed E-state index contributed by atoms with van der Waals surface area (Å²) in [5.74, 6) is -0.889. The molecule has 6 nitrogen and oxygen atoms in total. The molecule has 0 saturated heterocycles. The summed E-state index contributed by atoms with van der Waals surface area (Å²) < 4.78 is 16.7. The molecule has 0 aliphatic carbocycles. The molecule has 70 heavy (non-hydrogen) atoms. The third kappa shape index (κ3) is 55.5. The van der Waals surface area contributed by atoms with E-state index in [4.69, 9.17) is 14.2 Å². The van der Waals surface area contributed by atoms with E-state index < -0.39 is 6.10 Å². The van der Waals surface area contributed by atoms with Crippen LogP contribution < -0.4 is 0 Å². The molecular weight excluding hydrogens is 865 g/mol. The molecule has 0 aromatic rings. The quantitative estimate of drug-likeness (QED) is 0.0261. The molecule has 0 aromatic carbocycles. The molecule has 0 saturated carbocycles. The number of hydrogen-bond acceptors (Lipinski definition) is 6. The van der Waals surface area contributed by atoms with Gasteiger partial charge in [0.15, 0.2) is 6.10 Å². The topological polar surface area (TPSA) is 78.9 Å². The van der Waals surface area contributed by atoms with E-state index in [2.05, 4.69) is 106 Å². The monoisotopic (exact) mass is 975 g/mol. The molecule has 0 aliphatic rings. The SMILES string of the molecule is CC/C=C\C/C=C\C/C=C\C/C=C\C/C=C\C/C=C\CCCCCCCCCCCCCCCCCCC(=O)OCC(COC(=O)CCCCCCCCC)OC(=O)CCCCCCC/C=C\CCC. The van der Waals surface area contributed by atoms with Gasteiger partial charge < -0.3 is 14.2 Å². The Morgan fingerprint density at radius 2 is 0.586 bits per heavy atom. The first-order valence-corrected chi connectivity index (χ1v) is 29.6. The Labute approximate surface area is 433 Å². The van der Waals surface area contributed by atoms with Crippen molar-refractivity contribution in [1.82, 2.24) is 0 Å². The molecule has 0 bridgehead atoms. The van der Waals surface area contributed by atoms with Crippen molar-refractivity contribution < 1.29 is 28.6 Å². The van der Waals surface area contributed by atoms with Gasteiger partial charge in [0.2, 0.25) is 0 Å². The number of unbranched alkanes of at least 4 members (excludes halogenated alkanes) is 28. The molecule has 6 heteroatoms. The Balaban J connectivity index is 3.93. The number of hydrogen-bond donors (Lipinski definition) is 0. The van der Waals surface area contributed by atoms with E-state index in [0.717, 1.165) is 116 Å². The highest BCUT2D eigenvalue weighted by atomic mass is 16.6. The first-order chi connectivity index (χ1) is 34.5. The normalized spacial score (nSPS) is 12.7. The number of carbonyl (C=O) groups is 3. The lowest BCUT2D eigenvalue weighted by Crippen LogP contribution is -2.30. The molecule has 0 heterocycles. The molecule has 402 valence electrons. The fourth-order valence-corrected chi connectivity index (χ4v) is 8.21. The fraction of sp³-hybridized carbons (Fsp3) is 0.734. The van der Waals surface area contributed by atoms with Gasteiger partial charge in [0.05, 0.1) is 0 Å². The smallest absolute Gasteiger partial charge is 0.306 e. The van der Waals surface area contributed by atoms with Crippen molar-refractivity contribution in [1.29, 1.82) is 0 Å². The highest BCUT2D eigenvalue weighted by molar-refractivity contribution is 5.71. The van der Waals surface area contributed by atoms with Crippen LogP contribution in [0.5, 0.6) is 0 Å². The van der Waals surface area contributed by atoms with E-state index in [-0.39, 0.29) is 31.1 Å². The van der Waals surface area contributed by atoms with Gasteiger partial charge in [0, 0.05) is 19.3 Å². The minimum Gasteiger partial charge on any atom is -0.462 e. The highest BCUT2D eigenvalue weighted by Gasteiger charge is 2.19. The van der Waals surface area contributed by atoms with Crippen molar-refractivity contribution in [2.75, 3.05) is 13.2 Å². The van der Waals surface area contributed by atoms with Gasteiger partial charge in [-0.05, 0) is 89.9 Å². The zero-order valence-electron chi connectivity index (χ0n) is 46.0. The predicted molar refractivity (Wildman–Crippen MR) is 302 cm³/mol. The fourth-order valence-electron chi connectivity index (χ4n) is 8.21. The summed E-state index contributed by atoms with van der Waals surface area (Å²) in [7, 11) is 0. The lowest BCUT2D eigenvalue weighted by Gasteiger charge is -2.18. The maximum absolute atomic E-state index is 12.7. The minimum absolute atomic E-state index is 0.0762. The summed E-state index contributed by atoms with van der Waals surface area (Å²) >= 11 is 0. The molecule has 0 fully saturated rings. The van der Waals surface area contributed by atoms with Crippen LogP contribution in [-0.2, 0) is 28.6 Å². The van der Waals surface area contributed by atoms with Crippen LogP contribution >= 0.6 is 0 Å². The van der Waals surface area contributed by atoms with E-state index in [1.54, 1.807) is 0 Å². The Morgan fingerprint density at radius 3 is 0.943 bits per heavy atom. The van der Waals surface area contributed by atoms with Crippen LogP contribution in [0.1, 0.15) is 284 Å². The molecule has 0 spiro atoms. The molecule has 0 amide bonds. The number of allylic oxidation sites excluding steroid dienone is 14. The van der Waals surface area contributed by atoms with Crippen LogP contribution in [0.25, 0.3) is 0 Å². The first-order valence-electron chi connectivity index (χ1n) is 29.6. The summed E-state index contributed by atoms with van der Waals surface area (Å²) in [4.78, 5) is 37.8. The molecule has 0 N–H and O–H groups in total. The lowest BCUT2D eigenvalue weighted by atomic mass is 10.0. The van der Waals surface area contributed by atoms with E-state index in [1.165, 1.54) is 128 Å². The van der Waals surface area contributed by atoms with Crippen LogP contribution in [0.15, 0.2) is 85.1 Å². The second kappa shape index (κ2) is 58.2. The molecular formula is C64H110O6. The molecule has 0 aromatic heterocycles. The van der Waals surface area contributed by atoms with Crippen molar-refractivity contribution in [3.63, 3.8) is 0 Å². The van der Waals surface area contributed by atoms with E-state index in [0.29, 0.717) is 19.3 Å². The molecule has 0 aliphatic heterocycles. The highest BCUT2D eigenvalue weighted by Crippen LogP contribution is 2.16. The van der Waals surface area contributed by atoms with Crippen LogP contribution in [0.3, 0.4) is 0 Å². The van der Waals surface area contributed by atoms with E-state index in [1.807, 2.05) is 0 Å². The summed E-state index contributed by atoms with van der Waals surface area (Å²) in [5, 5.41) is 0. The summed E-state index contributed by atoms with van der Waals surface area (Å²) in [5.41, 5.74) is 0. The summed E-state index contributed by atoms with van der Waals surface area (Å²) in [6.45, 7) is 6.42. The number of rotatable bonds is 53. The maximum atomic E-state index is 12.7. The third-order valence-electron chi connectivity index (χ3n) is 12.6. The molecule has 0 rings (SSSR count). The van der Waals surface area contributed by atoms with Crippen molar-refractivity contribution in [2.45, 2.75) is 290 Å². The van der Waals surface area contributed by atoms with Gasteiger partial charge in [-0.25, -0.2) is 0 Å². The predicted octanol–water partition coefficient (Wildman–Crippen LogP) is 19.9. The van der Waals surface area contributed by atoms with Crippen molar-refractivity contribution in [3.05, 3.63) is 85.1 Å². The minimum atomic E-state index is -0.773. The second-order valence-corrected chi connectivity index (χ2v) is 19.5. The van der Waals surface area contributed by atoms with E-state index >= 15 is 0 Å². The van der Waals surface area contributed by atoms with E-state index in [9.17, 15) is 14.4 Å². The van der Waals surface area contributed by atoms with Gasteiger partial charge in [-0.3, -0.25) is 14.4 Å². The number of ether oxygens (including phenoxy) is 3. The standard InChI is InChI=1S/C64H110O6/c1-4-7-10-13-16-18-20-21-22-23-24-25-26-27-28-29-30-31-32-33-34-35-36-37-38-39-40-41-42-43-44-46-48-51-54-57-63(66)69-60-61(59-68-62(65)56-53-50-47-15-12-9-6-3)70-64(67)58-55-52-49-45-19-17-14-11-8-5-2/h7,10-11,14,16,18,21-22,24-25,27-28,30-31,61H,4-6,8-9,12-13,15,17,19-20,23,26,29,32-60H2,1-3H3/b10-7-,14-11-,18-16-,22-21-,25-24-,28-27-,31-30-. The Hall–Kier alpha value is -3.41. The van der Waals surface area contributed by atoms with Gasteiger partial charge in [-0.2, -0.15) is 0 Å². The van der Waals surface area contributed by atoms with Crippen LogP contribution in [-0.4, -0.2) is 37.2 Å². The number of esters is 3.